The van der Waals surface area contributed by atoms with Gasteiger partial charge in [-0.3, -0.25) is 0 Å². The first kappa shape index (κ1) is 26.5. The topological polar surface area (TPSA) is 12.5 Å². The van der Waals surface area contributed by atoms with Crippen LogP contribution >= 0.6 is 0 Å². The molecule has 0 aromatic heterocycles. The second-order valence-corrected chi connectivity index (χ2v) is 11.6. The van der Waals surface area contributed by atoms with Crippen molar-refractivity contribution in [3.05, 3.63) is 137 Å². The first-order valence-electron chi connectivity index (χ1n) is 14.7. The predicted molar refractivity (Wildman–Crippen MR) is 168 cm³/mol. The maximum Gasteiger partial charge on any atom is 0.178 e. The van der Waals surface area contributed by atoms with E-state index in [-0.39, 0.29) is 0 Å². The van der Waals surface area contributed by atoms with E-state index in [1.165, 1.54) is 6.07 Å². The Labute approximate surface area is 245 Å². The molecule has 5 aromatic carbocycles. The Hall–Kier alpha value is -4.44. The fourth-order valence-corrected chi connectivity index (χ4v) is 7.38. The monoisotopic (exact) mass is 557 g/mol. The minimum absolute atomic E-state index is 0.483. The number of hydrogen-bond donors (Lipinski definition) is 0. The maximum absolute atomic E-state index is 15.8. The zero-order valence-electron chi connectivity index (χ0n) is 24.3. The van der Waals surface area contributed by atoms with Crippen LogP contribution in [0.1, 0.15) is 54.5 Å². The predicted octanol–water partition coefficient (Wildman–Crippen LogP) is 9.62. The lowest BCUT2D eigenvalue weighted by atomic mass is 9.71. The lowest BCUT2D eigenvalue weighted by molar-refractivity contribution is 0.163. The summed E-state index contributed by atoms with van der Waals surface area (Å²) in [6, 6.07) is 29.4. The average Bonchev–Trinajstić information content (AvgIpc) is 3.32. The Morgan fingerprint density at radius 3 is 2.05 bits per heavy atom. The minimum atomic E-state index is -0.875. The Morgan fingerprint density at radius 2 is 1.38 bits per heavy atom. The summed E-state index contributed by atoms with van der Waals surface area (Å²) in [7, 11) is 4.06. The number of hydrogen-bond acceptors (Lipinski definition) is 2. The lowest BCUT2D eigenvalue weighted by Crippen LogP contribution is -2.35. The molecule has 0 spiro atoms. The summed E-state index contributed by atoms with van der Waals surface area (Å²) < 4.78 is 37.9. The van der Waals surface area contributed by atoms with Gasteiger partial charge in [0.15, 0.2) is 5.60 Å². The van der Waals surface area contributed by atoms with Crippen molar-refractivity contribution in [1.29, 1.82) is 0 Å². The van der Waals surface area contributed by atoms with Crippen molar-refractivity contribution in [3.8, 4) is 16.9 Å². The fourth-order valence-electron chi connectivity index (χ4n) is 7.38. The van der Waals surface area contributed by atoms with Crippen LogP contribution in [0.25, 0.3) is 28.0 Å². The molecule has 210 valence electrons. The summed E-state index contributed by atoms with van der Waals surface area (Å²) >= 11 is 0. The second-order valence-electron chi connectivity index (χ2n) is 11.6. The normalized spacial score (nSPS) is 17.9. The molecule has 0 fully saturated rings. The zero-order valence-corrected chi connectivity index (χ0v) is 24.3. The van der Waals surface area contributed by atoms with E-state index in [1.54, 1.807) is 0 Å². The Morgan fingerprint density at radius 1 is 0.738 bits per heavy atom. The Kier molecular flexibility index (Phi) is 6.02. The van der Waals surface area contributed by atoms with Gasteiger partial charge in [0.25, 0.3) is 0 Å². The number of halogens is 2. The van der Waals surface area contributed by atoms with Gasteiger partial charge in [-0.15, -0.1) is 0 Å². The molecule has 7 rings (SSSR count). The highest BCUT2D eigenvalue weighted by atomic mass is 19.1. The minimum Gasteiger partial charge on any atom is -0.472 e. The average molecular weight is 558 g/mol. The van der Waals surface area contributed by atoms with Gasteiger partial charge in [0, 0.05) is 58.9 Å². The van der Waals surface area contributed by atoms with Crippen LogP contribution in [0.3, 0.4) is 0 Å². The summed E-state index contributed by atoms with van der Waals surface area (Å²) in [5, 5.41) is 1.88. The van der Waals surface area contributed by atoms with E-state index in [0.29, 0.717) is 24.0 Å². The maximum atomic E-state index is 15.8. The van der Waals surface area contributed by atoms with Crippen LogP contribution in [0.4, 0.5) is 14.5 Å². The van der Waals surface area contributed by atoms with Crippen molar-refractivity contribution >= 4 is 22.5 Å². The van der Waals surface area contributed by atoms with Crippen LogP contribution in [0.2, 0.25) is 0 Å². The third-order valence-corrected chi connectivity index (χ3v) is 9.46. The van der Waals surface area contributed by atoms with Gasteiger partial charge in [0.2, 0.25) is 0 Å². The van der Waals surface area contributed by atoms with Gasteiger partial charge in [-0.25, -0.2) is 8.78 Å². The number of fused-ring (bicyclic) bond motifs is 8. The van der Waals surface area contributed by atoms with E-state index < -0.39 is 22.7 Å². The van der Waals surface area contributed by atoms with Crippen LogP contribution < -0.4 is 9.64 Å². The summed E-state index contributed by atoms with van der Waals surface area (Å²) in [6.07, 6.45) is 5.67. The van der Waals surface area contributed by atoms with Gasteiger partial charge in [-0.05, 0) is 59.2 Å². The van der Waals surface area contributed by atoms with Crippen molar-refractivity contribution in [2.75, 3.05) is 19.0 Å². The smallest absolute Gasteiger partial charge is 0.178 e. The highest BCUT2D eigenvalue weighted by molar-refractivity contribution is 6.08. The summed E-state index contributed by atoms with van der Waals surface area (Å²) in [5.74, 6) is -0.270. The molecule has 1 aliphatic carbocycles. The van der Waals surface area contributed by atoms with E-state index in [2.05, 4.69) is 79.4 Å². The van der Waals surface area contributed by atoms with Gasteiger partial charge in [-0.1, -0.05) is 86.7 Å². The third-order valence-electron chi connectivity index (χ3n) is 9.46. The quantitative estimate of drug-likeness (QED) is 0.213. The third kappa shape index (κ3) is 3.54. The Bertz CT molecular complexity index is 1870. The number of rotatable bonds is 5. The molecule has 2 aliphatic rings. The molecular weight excluding hydrogens is 524 g/mol. The van der Waals surface area contributed by atoms with Crippen molar-refractivity contribution in [3.63, 3.8) is 0 Å². The molecule has 4 heteroatoms. The summed E-state index contributed by atoms with van der Waals surface area (Å²) in [4.78, 5) is 2.08. The fraction of sp³-hybridized carbons (Fsp3) is 0.211. The molecule has 0 saturated heterocycles. The molecule has 2 nitrogen and oxygen atoms in total. The van der Waals surface area contributed by atoms with Gasteiger partial charge >= 0.3 is 0 Å². The van der Waals surface area contributed by atoms with E-state index >= 15 is 4.39 Å². The number of benzene rings is 5. The summed E-state index contributed by atoms with van der Waals surface area (Å²) in [5.41, 5.74) is 5.78. The van der Waals surface area contributed by atoms with Gasteiger partial charge in [0.05, 0.1) is 0 Å². The molecule has 0 N–H and O–H groups in total. The zero-order chi connectivity index (χ0) is 29.2. The SMILES string of the molecule is CCC1(CC)c2c(F)cc(F)cc2-c2c1c1c(c3ccccc23)OC(c2ccccc2)(c2ccc(N(C)C)cc2)C=C1. The van der Waals surface area contributed by atoms with Crippen LogP contribution in [0.5, 0.6) is 5.75 Å². The second kappa shape index (κ2) is 9.55. The number of ether oxygens (including phenoxy) is 1. The van der Waals surface area contributed by atoms with Crippen molar-refractivity contribution in [2.24, 2.45) is 0 Å². The molecule has 1 atom stereocenters. The lowest BCUT2D eigenvalue weighted by Gasteiger charge is -2.39. The van der Waals surface area contributed by atoms with E-state index in [1.807, 2.05) is 44.4 Å². The van der Waals surface area contributed by atoms with Crippen molar-refractivity contribution in [2.45, 2.75) is 37.7 Å². The summed E-state index contributed by atoms with van der Waals surface area (Å²) in [6.45, 7) is 4.20. The standard InChI is InChI=1S/C38H33F2NO/c1-5-37(6-2)34-31(22-26(39)23-32(34)40)33-28-14-10-11-15-29(28)36-30(35(33)37)20-21-38(42-36,24-12-8-7-9-13-24)25-16-18-27(19-17-25)41(3)4/h7-23H,5-6H2,1-4H3. The Balaban J connectivity index is 1.56. The van der Waals surface area contributed by atoms with Crippen LogP contribution in [0, 0.1) is 11.6 Å². The van der Waals surface area contributed by atoms with Gasteiger partial charge in [0.1, 0.15) is 17.4 Å². The molecular formula is C38H33F2NO. The highest BCUT2D eigenvalue weighted by Gasteiger charge is 2.48. The van der Waals surface area contributed by atoms with E-state index in [9.17, 15) is 4.39 Å². The van der Waals surface area contributed by atoms with Crippen LogP contribution in [-0.4, -0.2) is 14.1 Å². The molecule has 42 heavy (non-hydrogen) atoms. The van der Waals surface area contributed by atoms with Gasteiger partial charge < -0.3 is 9.64 Å². The van der Waals surface area contributed by atoms with Crippen molar-refractivity contribution in [1.82, 2.24) is 0 Å². The molecule has 0 bridgehead atoms. The molecule has 0 amide bonds. The highest BCUT2D eigenvalue weighted by Crippen LogP contribution is 2.60. The first-order valence-corrected chi connectivity index (χ1v) is 14.7. The van der Waals surface area contributed by atoms with E-state index in [0.717, 1.165) is 56.1 Å². The molecule has 1 unspecified atom stereocenters. The number of nitrogens with zero attached hydrogens (tertiary/aromatic N) is 1. The van der Waals surface area contributed by atoms with E-state index in [4.69, 9.17) is 4.74 Å². The van der Waals surface area contributed by atoms with Crippen LogP contribution in [0.15, 0.2) is 97.1 Å². The van der Waals surface area contributed by atoms with Crippen molar-refractivity contribution < 1.29 is 13.5 Å². The molecule has 0 radical (unpaired) electrons. The first-order chi connectivity index (χ1) is 20.3. The number of anilines is 1. The van der Waals surface area contributed by atoms with Crippen LogP contribution in [-0.2, 0) is 11.0 Å². The molecule has 1 heterocycles. The van der Waals surface area contributed by atoms with Gasteiger partial charge in [-0.2, -0.15) is 0 Å². The molecule has 0 saturated carbocycles. The molecule has 1 aliphatic heterocycles. The largest absolute Gasteiger partial charge is 0.472 e. The molecule has 5 aromatic rings.